The normalized spacial score (nSPS) is 10.1. The predicted octanol–water partition coefficient (Wildman–Crippen LogP) is 2.95. The van der Waals surface area contributed by atoms with Crippen molar-refractivity contribution >= 4 is 23.4 Å². The van der Waals surface area contributed by atoms with Crippen molar-refractivity contribution in [2.45, 2.75) is 20.3 Å². The van der Waals surface area contributed by atoms with Gasteiger partial charge in [-0.05, 0) is 49.2 Å². The lowest BCUT2D eigenvalue weighted by molar-refractivity contribution is -0.130. The fraction of sp³-hybridized carbons (Fsp3) is 0.263. The van der Waals surface area contributed by atoms with Gasteiger partial charge in [-0.15, -0.1) is 0 Å². The molecule has 0 fully saturated rings. The number of rotatable bonds is 7. The van der Waals surface area contributed by atoms with Crippen LogP contribution in [0.2, 0.25) is 5.02 Å². The number of hydrogen-bond acceptors (Lipinski definition) is 4. The van der Waals surface area contributed by atoms with E-state index in [2.05, 4.69) is 10.9 Å². The molecule has 0 spiro atoms. The highest BCUT2D eigenvalue weighted by molar-refractivity contribution is 6.32. The third-order valence-corrected chi connectivity index (χ3v) is 4.06. The number of halogens is 1. The van der Waals surface area contributed by atoms with E-state index in [4.69, 9.17) is 21.1 Å². The van der Waals surface area contributed by atoms with Crippen LogP contribution in [0.25, 0.3) is 0 Å². The van der Waals surface area contributed by atoms with Gasteiger partial charge in [0.05, 0.1) is 13.0 Å². The first-order valence-corrected chi connectivity index (χ1v) is 8.48. The Bertz CT molecular complexity index is 742. The molecule has 0 saturated carbocycles. The van der Waals surface area contributed by atoms with Gasteiger partial charge in [0.2, 0.25) is 5.91 Å². The molecule has 2 N–H and O–H groups in total. The number of carbonyl (C=O) groups excluding carboxylic acids is 2. The number of carbonyl (C=O) groups is 2. The van der Waals surface area contributed by atoms with Gasteiger partial charge < -0.3 is 9.47 Å². The summed E-state index contributed by atoms with van der Waals surface area (Å²) >= 11 is 6.09. The maximum absolute atomic E-state index is 11.7. The monoisotopic (exact) mass is 376 g/mol. The number of para-hydroxylation sites is 1. The van der Waals surface area contributed by atoms with Crippen LogP contribution in [0, 0.1) is 13.8 Å². The molecule has 0 bridgehead atoms. The van der Waals surface area contributed by atoms with Crippen LogP contribution >= 0.6 is 11.6 Å². The van der Waals surface area contributed by atoms with E-state index in [1.165, 1.54) is 0 Å². The number of hydrogen-bond donors (Lipinski definition) is 2. The Kier molecular flexibility index (Phi) is 7.29. The van der Waals surface area contributed by atoms with Crippen LogP contribution in [-0.4, -0.2) is 25.0 Å². The zero-order chi connectivity index (χ0) is 18.9. The highest BCUT2D eigenvalue weighted by Crippen LogP contribution is 2.25. The van der Waals surface area contributed by atoms with E-state index in [9.17, 15) is 9.59 Å². The quantitative estimate of drug-likeness (QED) is 0.728. The summed E-state index contributed by atoms with van der Waals surface area (Å²) in [5.41, 5.74) is 6.35. The number of hydrazine groups is 1. The zero-order valence-electron chi connectivity index (χ0n) is 14.7. The number of aryl methyl sites for hydroxylation is 2. The average molecular weight is 377 g/mol. The van der Waals surface area contributed by atoms with Crippen LogP contribution in [0.1, 0.15) is 17.5 Å². The number of ether oxygens (including phenoxy) is 2. The summed E-state index contributed by atoms with van der Waals surface area (Å²) < 4.78 is 10.8. The standard InChI is InChI=1S/C19H21ClN2O4/c1-13-10-16(11-14(2)19(13)20)26-12-18(24)22-21-17(23)8-9-25-15-6-4-3-5-7-15/h3-7,10-11H,8-9,12H2,1-2H3,(H,21,23)(H,22,24). The van der Waals surface area contributed by atoms with Crippen molar-refractivity contribution in [3.8, 4) is 11.5 Å². The Hall–Kier alpha value is -2.73. The molecule has 6 nitrogen and oxygen atoms in total. The molecule has 2 amide bonds. The van der Waals surface area contributed by atoms with Crippen LogP contribution < -0.4 is 20.3 Å². The molecule has 138 valence electrons. The minimum atomic E-state index is -0.465. The Morgan fingerprint density at radius 1 is 0.923 bits per heavy atom. The molecule has 0 aliphatic carbocycles. The Morgan fingerprint density at radius 2 is 1.54 bits per heavy atom. The first-order chi connectivity index (χ1) is 12.5. The van der Waals surface area contributed by atoms with Gasteiger partial charge in [-0.1, -0.05) is 29.8 Å². The fourth-order valence-electron chi connectivity index (χ4n) is 2.15. The van der Waals surface area contributed by atoms with E-state index in [0.717, 1.165) is 11.1 Å². The molecule has 0 atom stereocenters. The highest BCUT2D eigenvalue weighted by Gasteiger charge is 2.08. The molecule has 2 rings (SSSR count). The molecule has 0 aliphatic rings. The fourth-order valence-corrected chi connectivity index (χ4v) is 2.26. The molecule has 7 heteroatoms. The molecule has 0 aromatic heterocycles. The number of nitrogens with one attached hydrogen (secondary N) is 2. The summed E-state index contributed by atoms with van der Waals surface area (Å²) in [6, 6.07) is 12.7. The van der Waals surface area contributed by atoms with E-state index in [1.54, 1.807) is 24.3 Å². The van der Waals surface area contributed by atoms with Crippen molar-refractivity contribution in [2.75, 3.05) is 13.2 Å². The van der Waals surface area contributed by atoms with E-state index in [1.807, 2.05) is 32.0 Å². The third-order valence-electron chi connectivity index (χ3n) is 3.46. The van der Waals surface area contributed by atoms with E-state index in [0.29, 0.717) is 16.5 Å². The molecule has 0 radical (unpaired) electrons. The Morgan fingerprint density at radius 3 is 2.19 bits per heavy atom. The molecular weight excluding hydrogens is 356 g/mol. The van der Waals surface area contributed by atoms with Crippen LogP contribution in [0.3, 0.4) is 0 Å². The Balaban J connectivity index is 1.66. The van der Waals surface area contributed by atoms with Crippen molar-refractivity contribution in [2.24, 2.45) is 0 Å². The van der Waals surface area contributed by atoms with Crippen LogP contribution in [0.5, 0.6) is 11.5 Å². The maximum Gasteiger partial charge on any atom is 0.276 e. The largest absolute Gasteiger partial charge is 0.493 e. The van der Waals surface area contributed by atoms with Crippen LogP contribution in [-0.2, 0) is 9.59 Å². The zero-order valence-corrected chi connectivity index (χ0v) is 15.4. The topological polar surface area (TPSA) is 76.7 Å². The van der Waals surface area contributed by atoms with Gasteiger partial charge >= 0.3 is 0 Å². The molecule has 2 aromatic rings. The molecule has 0 unspecified atom stereocenters. The minimum absolute atomic E-state index is 0.117. The van der Waals surface area contributed by atoms with Crippen molar-refractivity contribution in [1.82, 2.24) is 10.9 Å². The SMILES string of the molecule is Cc1cc(OCC(=O)NNC(=O)CCOc2ccccc2)cc(C)c1Cl. The second-order valence-electron chi connectivity index (χ2n) is 5.67. The summed E-state index contributed by atoms with van der Waals surface area (Å²) in [6.07, 6.45) is 0.117. The average Bonchev–Trinajstić information content (AvgIpc) is 2.63. The smallest absolute Gasteiger partial charge is 0.276 e. The summed E-state index contributed by atoms with van der Waals surface area (Å²) in [4.78, 5) is 23.4. The highest BCUT2D eigenvalue weighted by atomic mass is 35.5. The molecular formula is C19H21ClN2O4. The van der Waals surface area contributed by atoms with Gasteiger partial charge in [0.25, 0.3) is 5.91 Å². The predicted molar refractivity (Wildman–Crippen MR) is 99.3 cm³/mol. The van der Waals surface area contributed by atoms with Crippen LogP contribution in [0.4, 0.5) is 0 Å². The maximum atomic E-state index is 11.7. The van der Waals surface area contributed by atoms with Crippen LogP contribution in [0.15, 0.2) is 42.5 Å². The lowest BCUT2D eigenvalue weighted by atomic mass is 10.1. The number of amides is 2. The molecule has 2 aromatic carbocycles. The van der Waals surface area contributed by atoms with Crippen molar-refractivity contribution in [3.63, 3.8) is 0 Å². The van der Waals surface area contributed by atoms with Gasteiger partial charge in [-0.25, -0.2) is 0 Å². The third kappa shape index (κ3) is 6.29. The summed E-state index contributed by atoms with van der Waals surface area (Å²) in [6.45, 7) is 3.72. The van der Waals surface area contributed by atoms with Gasteiger partial charge in [0.15, 0.2) is 6.61 Å². The van der Waals surface area contributed by atoms with Crippen molar-refractivity contribution in [3.05, 3.63) is 58.6 Å². The summed E-state index contributed by atoms with van der Waals surface area (Å²) in [5.74, 6) is 0.411. The van der Waals surface area contributed by atoms with Crippen molar-refractivity contribution < 1.29 is 19.1 Å². The molecule has 0 saturated heterocycles. The number of benzene rings is 2. The second-order valence-corrected chi connectivity index (χ2v) is 6.05. The molecule has 0 aliphatic heterocycles. The summed E-state index contributed by atoms with van der Waals surface area (Å²) in [7, 11) is 0. The Labute approximate surface area is 157 Å². The van der Waals surface area contributed by atoms with Gasteiger partial charge in [0.1, 0.15) is 11.5 Å². The van der Waals surface area contributed by atoms with E-state index in [-0.39, 0.29) is 25.5 Å². The first-order valence-electron chi connectivity index (χ1n) is 8.11. The molecule has 26 heavy (non-hydrogen) atoms. The van der Waals surface area contributed by atoms with E-state index < -0.39 is 5.91 Å². The lowest BCUT2D eigenvalue weighted by Crippen LogP contribution is -2.44. The van der Waals surface area contributed by atoms with Gasteiger partial charge in [0, 0.05) is 5.02 Å². The lowest BCUT2D eigenvalue weighted by Gasteiger charge is -2.11. The summed E-state index contributed by atoms with van der Waals surface area (Å²) in [5, 5.41) is 0.673. The van der Waals surface area contributed by atoms with E-state index >= 15 is 0 Å². The minimum Gasteiger partial charge on any atom is -0.493 e. The molecule has 0 heterocycles. The second kappa shape index (κ2) is 9.68. The van der Waals surface area contributed by atoms with Gasteiger partial charge in [-0.3, -0.25) is 20.4 Å². The first kappa shape index (κ1) is 19.6. The van der Waals surface area contributed by atoms with Crippen molar-refractivity contribution in [1.29, 1.82) is 0 Å². The van der Waals surface area contributed by atoms with Gasteiger partial charge in [-0.2, -0.15) is 0 Å².